The molecule has 6 nitrogen and oxygen atoms in total. The Balaban J connectivity index is 1.69. The lowest BCUT2D eigenvalue weighted by Crippen LogP contribution is -2.21. The summed E-state index contributed by atoms with van der Waals surface area (Å²) in [5.41, 5.74) is 1.21. The molecule has 118 valence electrons. The minimum absolute atomic E-state index is 0.147. The first-order chi connectivity index (χ1) is 11.7. The van der Waals surface area contributed by atoms with Crippen molar-refractivity contribution in [2.45, 2.75) is 6.54 Å². The molecule has 24 heavy (non-hydrogen) atoms. The van der Waals surface area contributed by atoms with E-state index in [0.29, 0.717) is 27.7 Å². The first-order valence-corrected chi connectivity index (χ1v) is 7.61. The molecule has 0 atom stereocenters. The minimum Gasteiger partial charge on any atom is -0.419 e. The molecule has 0 radical (unpaired) electrons. The van der Waals surface area contributed by atoms with Crippen LogP contribution >= 0.6 is 11.6 Å². The minimum atomic E-state index is -0.207. The molecule has 0 unspecified atom stereocenters. The van der Waals surface area contributed by atoms with Gasteiger partial charge in [0.25, 0.3) is 5.56 Å². The number of rotatable bonds is 3. The molecule has 0 spiro atoms. The van der Waals surface area contributed by atoms with Gasteiger partial charge >= 0.3 is 0 Å². The molecule has 4 aromatic rings. The van der Waals surface area contributed by atoms with Crippen LogP contribution in [0.3, 0.4) is 0 Å². The van der Waals surface area contributed by atoms with Crippen molar-refractivity contribution in [1.29, 1.82) is 0 Å². The molecule has 0 saturated heterocycles. The normalized spacial score (nSPS) is 11.0. The smallest absolute Gasteiger partial charge is 0.261 e. The van der Waals surface area contributed by atoms with Gasteiger partial charge in [-0.2, -0.15) is 0 Å². The Hall–Kier alpha value is -2.99. The Morgan fingerprint density at radius 1 is 1.08 bits per heavy atom. The van der Waals surface area contributed by atoms with Gasteiger partial charge in [0, 0.05) is 10.6 Å². The monoisotopic (exact) mass is 338 g/mol. The van der Waals surface area contributed by atoms with E-state index in [-0.39, 0.29) is 12.1 Å². The largest absolute Gasteiger partial charge is 0.419 e. The van der Waals surface area contributed by atoms with Gasteiger partial charge in [-0.25, -0.2) is 4.98 Å². The van der Waals surface area contributed by atoms with Crippen LogP contribution in [0.4, 0.5) is 0 Å². The van der Waals surface area contributed by atoms with Crippen LogP contribution in [0.1, 0.15) is 5.89 Å². The van der Waals surface area contributed by atoms with E-state index in [2.05, 4.69) is 15.2 Å². The average Bonchev–Trinajstić information content (AvgIpc) is 3.07. The molecule has 0 fully saturated rings. The van der Waals surface area contributed by atoms with Crippen LogP contribution in [-0.2, 0) is 6.54 Å². The summed E-state index contributed by atoms with van der Waals surface area (Å²) in [4.78, 5) is 16.8. The molecule has 0 N–H and O–H groups in total. The second-order valence-corrected chi connectivity index (χ2v) is 5.64. The molecule has 0 aliphatic heterocycles. The molecule has 0 saturated carbocycles. The Bertz CT molecular complexity index is 1070. The van der Waals surface area contributed by atoms with Crippen LogP contribution in [0.5, 0.6) is 0 Å². The summed E-state index contributed by atoms with van der Waals surface area (Å²) >= 11 is 5.96. The summed E-state index contributed by atoms with van der Waals surface area (Å²) in [7, 11) is 0. The Morgan fingerprint density at radius 2 is 1.92 bits per heavy atom. The average molecular weight is 339 g/mol. The highest BCUT2D eigenvalue weighted by Crippen LogP contribution is 2.18. The van der Waals surface area contributed by atoms with Gasteiger partial charge in [0.1, 0.15) is 6.54 Å². The van der Waals surface area contributed by atoms with Crippen LogP contribution in [0.15, 0.2) is 64.1 Å². The maximum atomic E-state index is 12.5. The fourth-order valence-corrected chi connectivity index (χ4v) is 2.58. The number of halogens is 1. The summed E-state index contributed by atoms with van der Waals surface area (Å²) in [6, 6.07) is 14.5. The standard InChI is InChI=1S/C17H11ClN4O2/c18-12-6-7-14-13(8-12)17(23)22(10-19-14)9-15-20-21-16(24-15)11-4-2-1-3-5-11/h1-8,10H,9H2. The third kappa shape index (κ3) is 2.68. The molecule has 0 bridgehead atoms. The van der Waals surface area contributed by atoms with E-state index < -0.39 is 0 Å². The summed E-state index contributed by atoms with van der Waals surface area (Å²) in [6.07, 6.45) is 1.46. The van der Waals surface area contributed by atoms with Crippen LogP contribution in [0, 0.1) is 0 Å². The van der Waals surface area contributed by atoms with Gasteiger partial charge in [0.15, 0.2) is 0 Å². The first-order valence-electron chi connectivity index (χ1n) is 7.23. The molecule has 2 aromatic heterocycles. The van der Waals surface area contributed by atoms with E-state index in [0.717, 1.165) is 5.56 Å². The molecule has 2 aromatic carbocycles. The van der Waals surface area contributed by atoms with Gasteiger partial charge in [-0.1, -0.05) is 29.8 Å². The van der Waals surface area contributed by atoms with Crippen molar-refractivity contribution in [3.8, 4) is 11.5 Å². The number of fused-ring (bicyclic) bond motifs is 1. The molecule has 2 heterocycles. The first kappa shape index (κ1) is 14.6. The zero-order chi connectivity index (χ0) is 16.5. The Morgan fingerprint density at radius 3 is 2.75 bits per heavy atom. The van der Waals surface area contributed by atoms with Crippen molar-refractivity contribution >= 4 is 22.5 Å². The Labute approximate surface area is 141 Å². The number of hydrogen-bond donors (Lipinski definition) is 0. The van der Waals surface area contributed by atoms with Crippen molar-refractivity contribution in [1.82, 2.24) is 19.7 Å². The lowest BCUT2D eigenvalue weighted by atomic mass is 10.2. The van der Waals surface area contributed by atoms with Crippen molar-refractivity contribution in [3.05, 3.63) is 76.1 Å². The third-order valence-corrected chi connectivity index (χ3v) is 3.81. The summed E-state index contributed by atoms with van der Waals surface area (Å²) < 4.78 is 7.05. The summed E-state index contributed by atoms with van der Waals surface area (Å²) in [5.74, 6) is 0.745. The number of hydrogen-bond acceptors (Lipinski definition) is 5. The fraction of sp³-hybridized carbons (Fsp3) is 0.0588. The van der Waals surface area contributed by atoms with E-state index in [1.807, 2.05) is 30.3 Å². The highest BCUT2D eigenvalue weighted by molar-refractivity contribution is 6.31. The molecule has 0 aliphatic rings. The second kappa shape index (κ2) is 5.90. The van der Waals surface area contributed by atoms with Crippen molar-refractivity contribution < 1.29 is 4.42 Å². The predicted molar refractivity (Wildman–Crippen MR) is 89.8 cm³/mol. The number of benzene rings is 2. The highest BCUT2D eigenvalue weighted by Gasteiger charge is 2.11. The molecular weight excluding hydrogens is 328 g/mol. The molecular formula is C17H11ClN4O2. The van der Waals surface area contributed by atoms with Gasteiger partial charge in [-0.15, -0.1) is 10.2 Å². The molecule has 0 aliphatic carbocycles. The second-order valence-electron chi connectivity index (χ2n) is 5.21. The van der Waals surface area contributed by atoms with Crippen molar-refractivity contribution in [3.63, 3.8) is 0 Å². The predicted octanol–water partition coefficient (Wildman–Crippen LogP) is 3.15. The SMILES string of the molecule is O=c1c2cc(Cl)ccc2ncn1Cc1nnc(-c2ccccc2)o1. The van der Waals surface area contributed by atoms with E-state index in [4.69, 9.17) is 16.0 Å². The van der Waals surface area contributed by atoms with Crippen molar-refractivity contribution in [2.75, 3.05) is 0 Å². The summed E-state index contributed by atoms with van der Waals surface area (Å²) in [6.45, 7) is 0.147. The van der Waals surface area contributed by atoms with Gasteiger partial charge < -0.3 is 4.42 Å². The summed E-state index contributed by atoms with van der Waals surface area (Å²) in [5, 5.41) is 8.95. The Kier molecular flexibility index (Phi) is 3.59. The lowest BCUT2D eigenvalue weighted by Gasteiger charge is -2.04. The molecule has 0 amide bonds. The van der Waals surface area contributed by atoms with Gasteiger partial charge in [-0.3, -0.25) is 9.36 Å². The fourth-order valence-electron chi connectivity index (χ4n) is 2.40. The quantitative estimate of drug-likeness (QED) is 0.573. The lowest BCUT2D eigenvalue weighted by molar-refractivity contribution is 0.483. The third-order valence-electron chi connectivity index (χ3n) is 3.58. The molecule has 4 rings (SSSR count). The zero-order valence-electron chi connectivity index (χ0n) is 12.4. The maximum Gasteiger partial charge on any atom is 0.261 e. The van der Waals surface area contributed by atoms with Crippen LogP contribution in [-0.4, -0.2) is 19.7 Å². The zero-order valence-corrected chi connectivity index (χ0v) is 13.1. The van der Waals surface area contributed by atoms with Crippen molar-refractivity contribution in [2.24, 2.45) is 0 Å². The molecule has 7 heteroatoms. The van der Waals surface area contributed by atoms with Crippen LogP contribution in [0.25, 0.3) is 22.4 Å². The van der Waals surface area contributed by atoms with Gasteiger partial charge in [-0.05, 0) is 30.3 Å². The maximum absolute atomic E-state index is 12.5. The topological polar surface area (TPSA) is 73.8 Å². The van der Waals surface area contributed by atoms with Crippen LogP contribution in [0.2, 0.25) is 5.02 Å². The van der Waals surface area contributed by atoms with E-state index in [1.54, 1.807) is 18.2 Å². The van der Waals surface area contributed by atoms with Gasteiger partial charge in [0.05, 0.1) is 17.2 Å². The van der Waals surface area contributed by atoms with Gasteiger partial charge in [0.2, 0.25) is 11.8 Å². The van der Waals surface area contributed by atoms with E-state index in [9.17, 15) is 4.79 Å². The number of nitrogens with zero attached hydrogens (tertiary/aromatic N) is 4. The highest BCUT2D eigenvalue weighted by atomic mass is 35.5. The van der Waals surface area contributed by atoms with E-state index >= 15 is 0 Å². The van der Waals surface area contributed by atoms with E-state index in [1.165, 1.54) is 10.9 Å². The number of aromatic nitrogens is 4. The van der Waals surface area contributed by atoms with Crippen LogP contribution < -0.4 is 5.56 Å².